The van der Waals surface area contributed by atoms with E-state index in [-0.39, 0.29) is 0 Å². The van der Waals surface area contributed by atoms with Crippen LogP contribution in [0.4, 0.5) is 5.69 Å². The van der Waals surface area contributed by atoms with Crippen LogP contribution in [0.25, 0.3) is 0 Å². The molecule has 0 saturated carbocycles. The van der Waals surface area contributed by atoms with Crippen LogP contribution in [-0.4, -0.2) is 11.5 Å². The van der Waals surface area contributed by atoms with Gasteiger partial charge in [-0.2, -0.15) is 5.26 Å². The molecule has 1 aromatic carbocycles. The van der Waals surface area contributed by atoms with Crippen LogP contribution in [0.2, 0.25) is 0 Å². The van der Waals surface area contributed by atoms with Gasteiger partial charge in [0.25, 0.3) is 0 Å². The Kier molecular flexibility index (Phi) is 4.34. The third-order valence-corrected chi connectivity index (χ3v) is 4.27. The zero-order valence-electron chi connectivity index (χ0n) is 9.90. The highest BCUT2D eigenvalue weighted by Crippen LogP contribution is 2.21. The zero-order chi connectivity index (χ0) is 13.0. The van der Waals surface area contributed by atoms with Crippen LogP contribution in [0.1, 0.15) is 16.1 Å². The molecule has 2 rings (SSSR count). The highest BCUT2D eigenvalue weighted by Gasteiger charge is 2.02. The minimum absolute atomic E-state index is 0.652. The molecule has 18 heavy (non-hydrogen) atoms. The smallest absolute Gasteiger partial charge is 0.100 e. The number of rotatable bonds is 4. The standard InChI is InChI=1S/C13H12BrN3S/c1-9-13(18-8-17-9)4-5-16-11-3-2-10(7-15)12(14)6-11/h2-3,6,8,16H,4-5H2,1H3. The molecule has 5 heteroatoms. The summed E-state index contributed by atoms with van der Waals surface area (Å²) in [5.41, 5.74) is 4.66. The lowest BCUT2D eigenvalue weighted by Gasteiger charge is -2.06. The highest BCUT2D eigenvalue weighted by molar-refractivity contribution is 9.10. The second-order valence-corrected chi connectivity index (χ2v) is 5.64. The van der Waals surface area contributed by atoms with Gasteiger partial charge in [-0.15, -0.1) is 11.3 Å². The van der Waals surface area contributed by atoms with Gasteiger partial charge in [0.2, 0.25) is 0 Å². The summed E-state index contributed by atoms with van der Waals surface area (Å²) in [5, 5.41) is 12.2. The lowest BCUT2D eigenvalue weighted by molar-refractivity contribution is 1.02. The second-order valence-electron chi connectivity index (χ2n) is 3.84. The Morgan fingerprint density at radius 3 is 2.94 bits per heavy atom. The van der Waals surface area contributed by atoms with E-state index in [1.54, 1.807) is 11.3 Å². The lowest BCUT2D eigenvalue weighted by atomic mass is 10.2. The van der Waals surface area contributed by atoms with Gasteiger partial charge in [0.05, 0.1) is 16.8 Å². The molecule has 0 unspecified atom stereocenters. The van der Waals surface area contributed by atoms with Crippen molar-refractivity contribution in [3.63, 3.8) is 0 Å². The van der Waals surface area contributed by atoms with Crippen LogP contribution >= 0.6 is 27.3 Å². The topological polar surface area (TPSA) is 48.7 Å². The SMILES string of the molecule is Cc1ncsc1CCNc1ccc(C#N)c(Br)c1. The summed E-state index contributed by atoms with van der Waals surface area (Å²) in [7, 11) is 0. The first-order valence-electron chi connectivity index (χ1n) is 5.53. The third-order valence-electron chi connectivity index (χ3n) is 2.62. The molecule has 0 bridgehead atoms. The summed E-state index contributed by atoms with van der Waals surface area (Å²) in [4.78, 5) is 5.54. The Labute approximate surface area is 119 Å². The van der Waals surface area contributed by atoms with E-state index in [2.05, 4.69) is 32.3 Å². The highest BCUT2D eigenvalue weighted by atomic mass is 79.9. The summed E-state index contributed by atoms with van der Waals surface area (Å²) in [6.07, 6.45) is 0.966. The number of benzene rings is 1. The normalized spacial score (nSPS) is 10.1. The predicted molar refractivity (Wildman–Crippen MR) is 77.9 cm³/mol. The molecule has 1 heterocycles. The van der Waals surface area contributed by atoms with E-state index in [1.165, 1.54) is 4.88 Å². The fourth-order valence-electron chi connectivity index (χ4n) is 1.60. The van der Waals surface area contributed by atoms with E-state index in [4.69, 9.17) is 5.26 Å². The van der Waals surface area contributed by atoms with E-state index in [0.29, 0.717) is 5.56 Å². The molecule has 2 aromatic rings. The quantitative estimate of drug-likeness (QED) is 0.933. The molecule has 1 N–H and O–H groups in total. The molecular formula is C13H12BrN3S. The number of thiazole rings is 1. The van der Waals surface area contributed by atoms with Gasteiger partial charge >= 0.3 is 0 Å². The Hall–Kier alpha value is -1.38. The fourth-order valence-corrected chi connectivity index (χ4v) is 2.85. The zero-order valence-corrected chi connectivity index (χ0v) is 12.3. The van der Waals surface area contributed by atoms with Gasteiger partial charge in [0.15, 0.2) is 0 Å². The van der Waals surface area contributed by atoms with Crippen molar-refractivity contribution in [1.29, 1.82) is 5.26 Å². The van der Waals surface area contributed by atoms with Gasteiger partial charge in [-0.3, -0.25) is 0 Å². The maximum atomic E-state index is 8.83. The number of hydrogen-bond acceptors (Lipinski definition) is 4. The van der Waals surface area contributed by atoms with Crippen molar-refractivity contribution < 1.29 is 0 Å². The van der Waals surface area contributed by atoms with E-state index < -0.39 is 0 Å². The number of aromatic nitrogens is 1. The second kappa shape index (κ2) is 5.98. The average molecular weight is 322 g/mol. The molecule has 0 amide bonds. The molecule has 0 aliphatic carbocycles. The lowest BCUT2D eigenvalue weighted by Crippen LogP contribution is -2.04. The van der Waals surface area contributed by atoms with E-state index in [1.807, 2.05) is 30.6 Å². The van der Waals surface area contributed by atoms with Crippen molar-refractivity contribution >= 4 is 33.0 Å². The monoisotopic (exact) mass is 321 g/mol. The van der Waals surface area contributed by atoms with E-state index in [0.717, 1.165) is 28.8 Å². The first-order chi connectivity index (χ1) is 8.70. The van der Waals surface area contributed by atoms with Crippen LogP contribution in [0, 0.1) is 18.3 Å². The van der Waals surface area contributed by atoms with Crippen molar-refractivity contribution in [3.8, 4) is 6.07 Å². The molecule has 92 valence electrons. The van der Waals surface area contributed by atoms with Crippen molar-refractivity contribution in [3.05, 3.63) is 44.3 Å². The molecule has 0 saturated heterocycles. The van der Waals surface area contributed by atoms with Gasteiger partial charge in [0, 0.05) is 28.0 Å². The Morgan fingerprint density at radius 1 is 1.50 bits per heavy atom. The van der Waals surface area contributed by atoms with E-state index in [9.17, 15) is 0 Å². The maximum Gasteiger partial charge on any atom is 0.100 e. The van der Waals surface area contributed by atoms with Crippen LogP contribution in [-0.2, 0) is 6.42 Å². The molecule has 0 aliphatic heterocycles. The molecular weight excluding hydrogens is 310 g/mol. The third kappa shape index (κ3) is 3.09. The largest absolute Gasteiger partial charge is 0.385 e. The van der Waals surface area contributed by atoms with Gasteiger partial charge in [-0.25, -0.2) is 4.98 Å². The number of halogens is 1. The summed E-state index contributed by atoms with van der Waals surface area (Å²) in [6, 6.07) is 7.79. The first-order valence-corrected chi connectivity index (χ1v) is 7.20. The number of anilines is 1. The Balaban J connectivity index is 1.93. The van der Waals surface area contributed by atoms with Crippen LogP contribution in [0.3, 0.4) is 0 Å². The molecule has 0 radical (unpaired) electrons. The van der Waals surface area contributed by atoms with Crippen molar-refractivity contribution in [2.24, 2.45) is 0 Å². The molecule has 1 aromatic heterocycles. The average Bonchev–Trinajstić information content (AvgIpc) is 2.75. The number of nitriles is 1. The first kappa shape index (κ1) is 13.1. The van der Waals surface area contributed by atoms with Crippen LogP contribution < -0.4 is 5.32 Å². The fraction of sp³-hybridized carbons (Fsp3) is 0.231. The molecule has 0 fully saturated rings. The van der Waals surface area contributed by atoms with Gasteiger partial charge < -0.3 is 5.32 Å². The summed E-state index contributed by atoms with van der Waals surface area (Å²) in [6.45, 7) is 2.89. The molecule has 0 spiro atoms. The minimum atomic E-state index is 0.652. The van der Waals surface area contributed by atoms with Crippen molar-refractivity contribution in [1.82, 2.24) is 4.98 Å². The Morgan fingerprint density at radius 2 is 2.33 bits per heavy atom. The Bertz CT molecular complexity index is 586. The maximum absolute atomic E-state index is 8.83. The van der Waals surface area contributed by atoms with Crippen LogP contribution in [0.15, 0.2) is 28.2 Å². The number of aryl methyl sites for hydroxylation is 1. The van der Waals surface area contributed by atoms with Crippen LogP contribution in [0.5, 0.6) is 0 Å². The van der Waals surface area contributed by atoms with Gasteiger partial charge in [-0.1, -0.05) is 0 Å². The summed E-state index contributed by atoms with van der Waals surface area (Å²) in [5.74, 6) is 0. The number of nitrogens with zero attached hydrogens (tertiary/aromatic N) is 2. The summed E-state index contributed by atoms with van der Waals surface area (Å²) < 4.78 is 0.823. The number of nitrogens with one attached hydrogen (secondary N) is 1. The predicted octanol–water partition coefficient (Wildman–Crippen LogP) is 3.74. The van der Waals surface area contributed by atoms with Gasteiger partial charge in [0.1, 0.15) is 6.07 Å². The number of hydrogen-bond donors (Lipinski definition) is 1. The summed E-state index contributed by atoms with van der Waals surface area (Å²) >= 11 is 5.07. The molecule has 0 atom stereocenters. The van der Waals surface area contributed by atoms with Gasteiger partial charge in [-0.05, 0) is 41.1 Å². The minimum Gasteiger partial charge on any atom is -0.385 e. The van der Waals surface area contributed by atoms with Crippen molar-refractivity contribution in [2.75, 3.05) is 11.9 Å². The van der Waals surface area contributed by atoms with E-state index >= 15 is 0 Å². The molecule has 3 nitrogen and oxygen atoms in total. The van der Waals surface area contributed by atoms with Crippen molar-refractivity contribution in [2.45, 2.75) is 13.3 Å². The molecule has 0 aliphatic rings.